The van der Waals surface area contributed by atoms with E-state index in [1.807, 2.05) is 30.3 Å². The number of rotatable bonds is 5. The molecule has 0 unspecified atom stereocenters. The molecule has 1 aliphatic rings. The van der Waals surface area contributed by atoms with Crippen LogP contribution in [0.5, 0.6) is 0 Å². The number of nitrogens with zero attached hydrogens (tertiary/aromatic N) is 4. The third kappa shape index (κ3) is 4.01. The second kappa shape index (κ2) is 8.33. The Hall–Kier alpha value is -4.13. The molecule has 1 N–H and O–H groups in total. The SMILES string of the molecule is CC1(C)C(=O)N(c2ccc(C#N)c(C(F)(F)F)c2)C(=O)N1CCNc1cnc2ccccc2c1. The van der Waals surface area contributed by atoms with E-state index < -0.39 is 34.8 Å². The van der Waals surface area contributed by atoms with Crippen LogP contribution in [0.1, 0.15) is 25.0 Å². The van der Waals surface area contributed by atoms with E-state index in [4.69, 9.17) is 5.26 Å². The number of nitriles is 1. The van der Waals surface area contributed by atoms with Crippen LogP contribution >= 0.6 is 0 Å². The summed E-state index contributed by atoms with van der Waals surface area (Å²) in [5, 5.41) is 13.1. The molecule has 34 heavy (non-hydrogen) atoms. The van der Waals surface area contributed by atoms with Crippen LogP contribution in [0.15, 0.2) is 54.7 Å². The van der Waals surface area contributed by atoms with Gasteiger partial charge in [0.25, 0.3) is 5.91 Å². The van der Waals surface area contributed by atoms with Crippen molar-refractivity contribution < 1.29 is 22.8 Å². The van der Waals surface area contributed by atoms with E-state index in [-0.39, 0.29) is 18.8 Å². The van der Waals surface area contributed by atoms with Crippen molar-refractivity contribution in [1.29, 1.82) is 5.26 Å². The molecule has 0 radical (unpaired) electrons. The number of benzene rings is 2. The number of aromatic nitrogens is 1. The lowest BCUT2D eigenvalue weighted by Gasteiger charge is -2.27. The third-order valence-electron chi connectivity index (χ3n) is 5.77. The van der Waals surface area contributed by atoms with Gasteiger partial charge in [0.05, 0.1) is 40.3 Å². The summed E-state index contributed by atoms with van der Waals surface area (Å²) in [4.78, 5) is 32.5. The fourth-order valence-corrected chi connectivity index (χ4v) is 3.92. The molecule has 0 saturated carbocycles. The summed E-state index contributed by atoms with van der Waals surface area (Å²) in [5.74, 6) is -0.650. The van der Waals surface area contributed by atoms with Gasteiger partial charge in [0.15, 0.2) is 0 Å². The van der Waals surface area contributed by atoms with Gasteiger partial charge in [0, 0.05) is 18.5 Å². The summed E-state index contributed by atoms with van der Waals surface area (Å²) < 4.78 is 40.2. The summed E-state index contributed by atoms with van der Waals surface area (Å²) in [5.41, 5.74) is -1.72. The molecular weight excluding hydrogens is 447 g/mol. The van der Waals surface area contributed by atoms with Crippen molar-refractivity contribution in [2.75, 3.05) is 23.3 Å². The van der Waals surface area contributed by atoms with Gasteiger partial charge in [-0.3, -0.25) is 9.78 Å². The molecule has 4 rings (SSSR count). The highest BCUT2D eigenvalue weighted by Gasteiger charge is 2.52. The molecule has 0 atom stereocenters. The maximum absolute atomic E-state index is 13.4. The molecule has 3 amide bonds. The highest BCUT2D eigenvalue weighted by atomic mass is 19.4. The van der Waals surface area contributed by atoms with Gasteiger partial charge in [0.2, 0.25) is 0 Å². The number of hydrogen-bond donors (Lipinski definition) is 1. The molecule has 2 heterocycles. The van der Waals surface area contributed by atoms with Gasteiger partial charge in [-0.25, -0.2) is 9.69 Å². The fourth-order valence-electron chi connectivity index (χ4n) is 3.92. The molecule has 1 aromatic heterocycles. The lowest BCUT2D eigenvalue weighted by atomic mass is 10.0. The highest BCUT2D eigenvalue weighted by molar-refractivity contribution is 6.23. The number of carbonyl (C=O) groups is 2. The number of nitrogens with one attached hydrogen (secondary N) is 1. The second-order valence-corrected chi connectivity index (χ2v) is 8.32. The molecule has 7 nitrogen and oxygen atoms in total. The molecule has 2 aromatic carbocycles. The smallest absolute Gasteiger partial charge is 0.382 e. The Bertz CT molecular complexity index is 1330. The van der Waals surface area contributed by atoms with Crippen molar-refractivity contribution in [3.05, 3.63) is 65.9 Å². The zero-order valence-electron chi connectivity index (χ0n) is 18.3. The molecule has 1 aliphatic heterocycles. The van der Waals surface area contributed by atoms with Gasteiger partial charge >= 0.3 is 12.2 Å². The van der Waals surface area contributed by atoms with E-state index in [1.54, 1.807) is 20.0 Å². The molecule has 10 heteroatoms. The normalized spacial score (nSPS) is 15.6. The first-order chi connectivity index (χ1) is 16.0. The van der Waals surface area contributed by atoms with Crippen molar-refractivity contribution >= 4 is 34.2 Å². The summed E-state index contributed by atoms with van der Waals surface area (Å²) in [6.07, 6.45) is -3.15. The number of urea groups is 1. The maximum Gasteiger partial charge on any atom is 0.417 e. The number of anilines is 2. The molecule has 1 fully saturated rings. The van der Waals surface area contributed by atoms with Gasteiger partial charge in [-0.05, 0) is 44.2 Å². The predicted molar refractivity (Wildman–Crippen MR) is 120 cm³/mol. The highest BCUT2D eigenvalue weighted by Crippen LogP contribution is 2.37. The number of imide groups is 1. The van der Waals surface area contributed by atoms with E-state index in [9.17, 15) is 22.8 Å². The van der Waals surface area contributed by atoms with E-state index in [1.165, 1.54) is 17.0 Å². The number of para-hydroxylation sites is 1. The van der Waals surface area contributed by atoms with Crippen molar-refractivity contribution in [3.8, 4) is 6.07 Å². The van der Waals surface area contributed by atoms with Gasteiger partial charge in [-0.2, -0.15) is 18.4 Å². The maximum atomic E-state index is 13.4. The average molecular weight is 467 g/mol. The number of halogens is 3. The Morgan fingerprint density at radius 2 is 1.85 bits per heavy atom. The Balaban J connectivity index is 1.54. The molecular formula is C24H20F3N5O2. The van der Waals surface area contributed by atoms with Gasteiger partial charge in [0.1, 0.15) is 5.54 Å². The zero-order valence-corrected chi connectivity index (χ0v) is 18.3. The lowest BCUT2D eigenvalue weighted by molar-refractivity contribution is -0.137. The van der Waals surface area contributed by atoms with Gasteiger partial charge < -0.3 is 10.2 Å². The van der Waals surface area contributed by atoms with Crippen LogP contribution in [0.3, 0.4) is 0 Å². The average Bonchev–Trinajstić information content (AvgIpc) is 2.97. The Morgan fingerprint density at radius 1 is 1.12 bits per heavy atom. The molecule has 0 bridgehead atoms. The van der Waals surface area contributed by atoms with Crippen molar-refractivity contribution in [1.82, 2.24) is 9.88 Å². The molecule has 3 aromatic rings. The summed E-state index contributed by atoms with van der Waals surface area (Å²) in [6, 6.07) is 13.0. The number of fused-ring (bicyclic) bond motifs is 1. The molecule has 174 valence electrons. The van der Waals surface area contributed by atoms with E-state index >= 15 is 0 Å². The van der Waals surface area contributed by atoms with E-state index in [2.05, 4.69) is 10.3 Å². The first kappa shape index (κ1) is 23.0. The molecule has 1 saturated heterocycles. The predicted octanol–water partition coefficient (Wildman–Crippen LogP) is 4.78. The molecule has 0 spiro atoms. The number of carbonyl (C=O) groups excluding carboxylic acids is 2. The first-order valence-electron chi connectivity index (χ1n) is 10.4. The van der Waals surface area contributed by atoms with Gasteiger partial charge in [-0.1, -0.05) is 18.2 Å². The second-order valence-electron chi connectivity index (χ2n) is 8.32. The standard InChI is InChI=1S/C24H20F3N5O2/c1-23(2)21(33)32(18-8-7-16(13-28)19(12-18)24(25,26)27)22(34)31(23)10-9-29-17-11-15-5-3-4-6-20(15)30-14-17/h3-8,11-12,14,29H,9-10H2,1-2H3. The van der Waals surface area contributed by atoms with Crippen LogP contribution in [0, 0.1) is 11.3 Å². The minimum Gasteiger partial charge on any atom is -0.382 e. The minimum absolute atomic E-state index is 0.128. The lowest BCUT2D eigenvalue weighted by Crippen LogP contribution is -2.46. The quantitative estimate of drug-likeness (QED) is 0.546. The van der Waals surface area contributed by atoms with Crippen molar-refractivity contribution in [3.63, 3.8) is 0 Å². The summed E-state index contributed by atoms with van der Waals surface area (Å²) in [7, 11) is 0. The van der Waals surface area contributed by atoms with Gasteiger partial charge in [-0.15, -0.1) is 0 Å². The van der Waals surface area contributed by atoms with E-state index in [0.717, 1.165) is 27.6 Å². The summed E-state index contributed by atoms with van der Waals surface area (Å²) >= 11 is 0. The van der Waals surface area contributed by atoms with Crippen LogP contribution < -0.4 is 10.2 Å². The van der Waals surface area contributed by atoms with Crippen LogP contribution in [-0.2, 0) is 11.0 Å². The topological polar surface area (TPSA) is 89.3 Å². The summed E-state index contributed by atoms with van der Waals surface area (Å²) in [6.45, 7) is 3.50. The Labute approximate surface area is 193 Å². The van der Waals surface area contributed by atoms with Crippen molar-refractivity contribution in [2.45, 2.75) is 25.6 Å². The number of hydrogen-bond acceptors (Lipinski definition) is 5. The number of alkyl halides is 3. The van der Waals surface area contributed by atoms with E-state index in [0.29, 0.717) is 6.07 Å². The van der Waals surface area contributed by atoms with Crippen LogP contribution in [-0.4, -0.2) is 40.5 Å². The van der Waals surface area contributed by atoms with Crippen LogP contribution in [0.2, 0.25) is 0 Å². The third-order valence-corrected chi connectivity index (χ3v) is 5.77. The van der Waals surface area contributed by atoms with Crippen molar-refractivity contribution in [2.24, 2.45) is 0 Å². The Kier molecular flexibility index (Phi) is 5.65. The monoisotopic (exact) mass is 467 g/mol. The number of pyridine rings is 1. The molecule has 0 aliphatic carbocycles. The largest absolute Gasteiger partial charge is 0.417 e. The fraction of sp³-hybridized carbons (Fsp3) is 0.250. The van der Waals surface area contributed by atoms with Crippen LogP contribution in [0.4, 0.5) is 29.3 Å². The number of amides is 3. The first-order valence-corrected chi connectivity index (χ1v) is 10.4. The Morgan fingerprint density at radius 3 is 2.56 bits per heavy atom. The minimum atomic E-state index is -4.81. The van der Waals surface area contributed by atoms with Crippen LogP contribution in [0.25, 0.3) is 10.9 Å². The zero-order chi connectivity index (χ0) is 24.7.